The van der Waals surface area contributed by atoms with E-state index in [1.54, 1.807) is 25.1 Å². The number of aryl methyl sites for hydroxylation is 1. The Hall–Kier alpha value is -2.94. The molecule has 0 atom stereocenters. The van der Waals surface area contributed by atoms with E-state index >= 15 is 0 Å². The molecule has 1 aromatic carbocycles. The fourth-order valence-corrected chi connectivity index (χ4v) is 3.36. The molecule has 0 aliphatic carbocycles. The van der Waals surface area contributed by atoms with Gasteiger partial charge in [0.15, 0.2) is 17.1 Å². The fourth-order valence-electron chi connectivity index (χ4n) is 3.11. The zero-order chi connectivity index (χ0) is 20.8. The minimum atomic E-state index is -4.60. The number of imidazole rings is 1. The number of carbonyl (C=O) groups excluding carboxylic acids is 1. The molecule has 0 fully saturated rings. The fraction of sp³-hybridized carbons (Fsp3) is 0.263. The van der Waals surface area contributed by atoms with Crippen LogP contribution in [-0.4, -0.2) is 22.1 Å². The highest BCUT2D eigenvalue weighted by Crippen LogP contribution is 2.34. The van der Waals surface area contributed by atoms with Crippen molar-refractivity contribution in [3.8, 4) is 11.5 Å². The Morgan fingerprint density at radius 2 is 2.03 bits per heavy atom. The van der Waals surface area contributed by atoms with Crippen molar-refractivity contribution in [2.45, 2.75) is 26.1 Å². The predicted octanol–water partition coefficient (Wildman–Crippen LogP) is 4.23. The number of pyridine rings is 1. The van der Waals surface area contributed by atoms with Gasteiger partial charge in [0, 0.05) is 12.7 Å². The molecule has 0 bridgehead atoms. The van der Waals surface area contributed by atoms with E-state index in [-0.39, 0.29) is 29.7 Å². The predicted molar refractivity (Wildman–Crippen MR) is 98.3 cm³/mol. The second-order valence-corrected chi connectivity index (χ2v) is 6.81. The summed E-state index contributed by atoms with van der Waals surface area (Å²) >= 11 is 6.00. The number of amides is 1. The minimum Gasteiger partial charge on any atom is -0.454 e. The summed E-state index contributed by atoms with van der Waals surface area (Å²) in [5.74, 6) is 0.634. The van der Waals surface area contributed by atoms with E-state index in [4.69, 9.17) is 21.1 Å². The normalized spacial score (nSPS) is 13.1. The number of hydrogen-bond donors (Lipinski definition) is 1. The van der Waals surface area contributed by atoms with E-state index in [0.29, 0.717) is 23.6 Å². The van der Waals surface area contributed by atoms with Crippen LogP contribution in [0.1, 0.15) is 34.2 Å². The number of hydrogen-bond acceptors (Lipinski definition) is 4. The number of nitrogens with one attached hydrogen (secondary N) is 1. The summed E-state index contributed by atoms with van der Waals surface area (Å²) in [6.45, 7) is 2.04. The number of aromatic nitrogens is 2. The molecule has 0 unspecified atom stereocenters. The summed E-state index contributed by atoms with van der Waals surface area (Å²) in [7, 11) is 0. The van der Waals surface area contributed by atoms with Crippen LogP contribution in [0.5, 0.6) is 11.5 Å². The van der Waals surface area contributed by atoms with E-state index in [1.165, 1.54) is 0 Å². The van der Waals surface area contributed by atoms with Crippen LogP contribution >= 0.6 is 11.6 Å². The molecule has 29 heavy (non-hydrogen) atoms. The number of halogens is 4. The molecule has 0 saturated heterocycles. The largest absolute Gasteiger partial charge is 0.454 e. The summed E-state index contributed by atoms with van der Waals surface area (Å²) in [6.07, 6.45) is -3.41. The van der Waals surface area contributed by atoms with Gasteiger partial charge in [-0.3, -0.25) is 9.20 Å². The smallest absolute Gasteiger partial charge is 0.417 e. The van der Waals surface area contributed by atoms with E-state index in [2.05, 4.69) is 10.3 Å². The number of carbonyl (C=O) groups is 1. The SMILES string of the molecule is CCc1nc2c(Cl)cc(C(F)(F)F)cn2c1C(=O)NCc1ccc2c(c1)OCO2. The maximum Gasteiger partial charge on any atom is 0.417 e. The molecular weight excluding hydrogens is 411 g/mol. The maximum atomic E-state index is 13.2. The molecular formula is C19H15ClF3N3O3. The first-order chi connectivity index (χ1) is 13.8. The average molecular weight is 426 g/mol. The minimum absolute atomic E-state index is 0.0243. The molecule has 2 aromatic heterocycles. The van der Waals surface area contributed by atoms with Crippen LogP contribution in [0, 0.1) is 0 Å². The summed E-state index contributed by atoms with van der Waals surface area (Å²) in [6, 6.07) is 6.03. The van der Waals surface area contributed by atoms with Crippen LogP contribution < -0.4 is 14.8 Å². The number of rotatable bonds is 4. The Labute approximate surface area is 168 Å². The Morgan fingerprint density at radius 1 is 1.28 bits per heavy atom. The number of nitrogens with zero attached hydrogens (tertiary/aromatic N) is 2. The number of fused-ring (bicyclic) bond motifs is 2. The van der Waals surface area contributed by atoms with Crippen LogP contribution in [0.25, 0.3) is 5.65 Å². The molecule has 0 saturated carbocycles. The van der Waals surface area contributed by atoms with Crippen LogP contribution in [0.3, 0.4) is 0 Å². The Bertz CT molecular complexity index is 1110. The summed E-state index contributed by atoms with van der Waals surface area (Å²) in [5.41, 5.74) is 0.277. The molecule has 0 radical (unpaired) electrons. The van der Waals surface area contributed by atoms with Gasteiger partial charge in [0.25, 0.3) is 5.91 Å². The molecule has 0 spiro atoms. The van der Waals surface area contributed by atoms with Gasteiger partial charge in [-0.1, -0.05) is 24.6 Å². The zero-order valence-corrected chi connectivity index (χ0v) is 15.9. The third-order valence-electron chi connectivity index (χ3n) is 4.51. The van der Waals surface area contributed by atoms with Gasteiger partial charge in [-0.2, -0.15) is 13.2 Å². The van der Waals surface area contributed by atoms with Gasteiger partial charge in [-0.25, -0.2) is 4.98 Å². The van der Waals surface area contributed by atoms with E-state index in [0.717, 1.165) is 22.2 Å². The van der Waals surface area contributed by atoms with Crippen molar-refractivity contribution in [2.75, 3.05) is 6.79 Å². The van der Waals surface area contributed by atoms with Crippen molar-refractivity contribution in [3.05, 3.63) is 58.0 Å². The summed E-state index contributed by atoms with van der Waals surface area (Å²) in [5, 5.41) is 2.54. The van der Waals surface area contributed by atoms with Gasteiger partial charge >= 0.3 is 6.18 Å². The molecule has 10 heteroatoms. The lowest BCUT2D eigenvalue weighted by Gasteiger charge is -2.11. The molecule has 1 amide bonds. The molecule has 1 N–H and O–H groups in total. The Morgan fingerprint density at radius 3 is 2.76 bits per heavy atom. The third-order valence-corrected chi connectivity index (χ3v) is 4.79. The summed E-state index contributed by atoms with van der Waals surface area (Å²) in [4.78, 5) is 17.1. The van der Waals surface area contributed by atoms with Gasteiger partial charge in [0.05, 0.1) is 16.3 Å². The first-order valence-electron chi connectivity index (χ1n) is 8.72. The van der Waals surface area contributed by atoms with E-state index < -0.39 is 17.6 Å². The molecule has 3 aromatic rings. The topological polar surface area (TPSA) is 64.9 Å². The second kappa shape index (κ2) is 7.14. The number of benzene rings is 1. The Balaban J connectivity index is 1.66. The van der Waals surface area contributed by atoms with Crippen LogP contribution in [0.4, 0.5) is 13.2 Å². The van der Waals surface area contributed by atoms with Crippen molar-refractivity contribution in [3.63, 3.8) is 0 Å². The van der Waals surface area contributed by atoms with Gasteiger partial charge in [-0.05, 0) is 30.2 Å². The van der Waals surface area contributed by atoms with Crippen molar-refractivity contribution >= 4 is 23.2 Å². The third kappa shape index (κ3) is 3.57. The van der Waals surface area contributed by atoms with Gasteiger partial charge in [-0.15, -0.1) is 0 Å². The first kappa shape index (κ1) is 19.4. The lowest BCUT2D eigenvalue weighted by Crippen LogP contribution is -2.25. The lowest BCUT2D eigenvalue weighted by atomic mass is 10.2. The number of ether oxygens (including phenoxy) is 2. The summed E-state index contributed by atoms with van der Waals surface area (Å²) < 4.78 is 51.2. The lowest BCUT2D eigenvalue weighted by molar-refractivity contribution is -0.137. The molecule has 1 aliphatic heterocycles. The average Bonchev–Trinajstić information content (AvgIpc) is 3.29. The van der Waals surface area contributed by atoms with Crippen molar-refractivity contribution < 1.29 is 27.4 Å². The molecule has 1 aliphatic rings. The second-order valence-electron chi connectivity index (χ2n) is 6.40. The van der Waals surface area contributed by atoms with Crippen molar-refractivity contribution in [1.82, 2.24) is 14.7 Å². The molecule has 3 heterocycles. The van der Waals surface area contributed by atoms with Crippen LogP contribution in [0.2, 0.25) is 5.02 Å². The van der Waals surface area contributed by atoms with E-state index in [9.17, 15) is 18.0 Å². The highest BCUT2D eigenvalue weighted by atomic mass is 35.5. The molecule has 6 nitrogen and oxygen atoms in total. The van der Waals surface area contributed by atoms with E-state index in [1.807, 2.05) is 0 Å². The highest BCUT2D eigenvalue weighted by molar-refractivity contribution is 6.33. The standard InChI is InChI=1S/C19H15ClF3N3O3/c1-2-13-16(26-8-11(19(21,22)23)6-12(20)17(26)25-13)18(27)24-7-10-3-4-14-15(5-10)29-9-28-14/h3-6,8H,2,7,9H2,1H3,(H,24,27). The van der Waals surface area contributed by atoms with Crippen molar-refractivity contribution in [2.24, 2.45) is 0 Å². The van der Waals surface area contributed by atoms with Gasteiger partial charge in [0.1, 0.15) is 5.69 Å². The van der Waals surface area contributed by atoms with Gasteiger partial charge in [0.2, 0.25) is 6.79 Å². The van der Waals surface area contributed by atoms with Crippen molar-refractivity contribution in [1.29, 1.82) is 0 Å². The zero-order valence-electron chi connectivity index (χ0n) is 15.1. The highest BCUT2D eigenvalue weighted by Gasteiger charge is 2.33. The molecule has 152 valence electrons. The van der Waals surface area contributed by atoms with Crippen LogP contribution in [0.15, 0.2) is 30.5 Å². The quantitative estimate of drug-likeness (QED) is 0.679. The first-order valence-corrected chi connectivity index (χ1v) is 9.10. The molecule has 4 rings (SSSR count). The monoisotopic (exact) mass is 425 g/mol. The Kier molecular flexibility index (Phi) is 4.77. The van der Waals surface area contributed by atoms with Crippen LogP contribution in [-0.2, 0) is 19.1 Å². The van der Waals surface area contributed by atoms with Gasteiger partial charge < -0.3 is 14.8 Å². The maximum absolute atomic E-state index is 13.2. The number of alkyl halides is 3.